The van der Waals surface area contributed by atoms with E-state index in [0.717, 1.165) is 31.5 Å². The van der Waals surface area contributed by atoms with Crippen molar-refractivity contribution >= 4 is 15.7 Å². The van der Waals surface area contributed by atoms with E-state index in [0.29, 0.717) is 0 Å². The second-order valence-corrected chi connectivity index (χ2v) is 7.21. The fourth-order valence-corrected chi connectivity index (χ4v) is 3.11. The van der Waals surface area contributed by atoms with Crippen LogP contribution >= 0.6 is 0 Å². The zero-order valence-corrected chi connectivity index (χ0v) is 12.9. The number of hydrogen-bond acceptors (Lipinski definition) is 4. The maximum atomic E-state index is 12.4. The Morgan fingerprint density at radius 2 is 1.95 bits per heavy atom. The van der Waals surface area contributed by atoms with Gasteiger partial charge in [0.1, 0.15) is 0 Å². The number of halogens is 2. The highest BCUT2D eigenvalue weighted by molar-refractivity contribution is 7.91. The van der Waals surface area contributed by atoms with Crippen LogP contribution in [0, 0.1) is 0 Å². The Labute approximate surface area is 128 Å². The summed E-state index contributed by atoms with van der Waals surface area (Å²) in [6.45, 7) is 2.89. The van der Waals surface area contributed by atoms with Gasteiger partial charge in [-0.25, -0.2) is 8.42 Å². The first-order valence-corrected chi connectivity index (χ1v) is 8.53. The summed E-state index contributed by atoms with van der Waals surface area (Å²) in [6, 6.07) is 4.68. The summed E-state index contributed by atoms with van der Waals surface area (Å²) in [5.41, 5.74) is 0.242. The van der Waals surface area contributed by atoms with Crippen LogP contribution in [0.4, 0.5) is 8.78 Å². The van der Waals surface area contributed by atoms with E-state index in [-0.39, 0.29) is 23.6 Å². The largest absolute Gasteiger partial charge is 0.348 e. The lowest BCUT2D eigenvalue weighted by Gasteiger charge is -2.30. The van der Waals surface area contributed by atoms with Crippen LogP contribution in [-0.2, 0) is 9.84 Å². The van der Waals surface area contributed by atoms with Gasteiger partial charge in [-0.3, -0.25) is 4.79 Å². The molecule has 1 saturated heterocycles. The second-order valence-electron chi connectivity index (χ2n) is 5.30. The van der Waals surface area contributed by atoms with Gasteiger partial charge in [0.2, 0.25) is 9.84 Å². The van der Waals surface area contributed by atoms with E-state index in [9.17, 15) is 22.0 Å². The Hall–Kier alpha value is -1.54. The third-order valence-electron chi connectivity index (χ3n) is 3.76. The van der Waals surface area contributed by atoms with E-state index < -0.39 is 20.5 Å². The molecule has 0 aliphatic carbocycles. The molecule has 5 nitrogen and oxygen atoms in total. The molecule has 1 aliphatic heterocycles. The molecule has 0 aromatic heterocycles. The van der Waals surface area contributed by atoms with Crippen LogP contribution < -0.4 is 10.6 Å². The Morgan fingerprint density at radius 1 is 1.32 bits per heavy atom. The molecule has 1 heterocycles. The summed E-state index contributed by atoms with van der Waals surface area (Å²) < 4.78 is 47.5. The van der Waals surface area contributed by atoms with Gasteiger partial charge in [0.05, 0.1) is 4.90 Å². The SMILES string of the molecule is CC1NCCCC1NC(=O)c1ccc(S(=O)(=O)C(F)F)cc1. The number of carbonyl (C=O) groups is 1. The highest BCUT2D eigenvalue weighted by atomic mass is 32.2. The van der Waals surface area contributed by atoms with Crippen LogP contribution in [-0.4, -0.2) is 38.7 Å². The molecule has 1 aromatic rings. The van der Waals surface area contributed by atoms with Crippen molar-refractivity contribution < 1.29 is 22.0 Å². The maximum Gasteiger partial charge on any atom is 0.341 e. The van der Waals surface area contributed by atoms with Crippen LogP contribution in [0.5, 0.6) is 0 Å². The summed E-state index contributed by atoms with van der Waals surface area (Å²) in [6.07, 6.45) is 1.82. The number of nitrogens with one attached hydrogen (secondary N) is 2. The van der Waals surface area contributed by atoms with Gasteiger partial charge in [-0.2, -0.15) is 8.78 Å². The summed E-state index contributed by atoms with van der Waals surface area (Å²) in [5.74, 6) is -3.82. The standard InChI is InChI=1S/C14H18F2N2O3S/c1-9-12(3-2-8-17-9)18-13(19)10-4-6-11(7-5-10)22(20,21)14(15)16/h4-7,9,12,14,17H,2-3,8H2,1H3,(H,18,19). The Kier molecular flexibility index (Phi) is 5.12. The van der Waals surface area contributed by atoms with Gasteiger partial charge in [0, 0.05) is 17.6 Å². The zero-order chi connectivity index (χ0) is 16.3. The normalized spacial score (nSPS) is 22.5. The minimum atomic E-state index is -4.63. The molecule has 0 radical (unpaired) electrons. The van der Waals surface area contributed by atoms with E-state index >= 15 is 0 Å². The molecule has 122 valence electrons. The number of alkyl halides is 2. The van der Waals surface area contributed by atoms with Crippen LogP contribution in [0.3, 0.4) is 0 Å². The summed E-state index contributed by atoms with van der Waals surface area (Å²) in [5, 5.41) is 6.12. The molecule has 8 heteroatoms. The zero-order valence-electron chi connectivity index (χ0n) is 12.1. The molecule has 0 spiro atoms. The van der Waals surface area contributed by atoms with E-state index in [2.05, 4.69) is 10.6 Å². The minimum absolute atomic E-state index is 0.00859. The van der Waals surface area contributed by atoms with Crippen LogP contribution in [0.2, 0.25) is 0 Å². The highest BCUT2D eigenvalue weighted by Crippen LogP contribution is 2.19. The number of sulfone groups is 1. The molecule has 2 atom stereocenters. The number of piperidine rings is 1. The molecular formula is C14H18F2N2O3S. The quantitative estimate of drug-likeness (QED) is 0.877. The van der Waals surface area contributed by atoms with Gasteiger partial charge in [-0.05, 0) is 50.6 Å². The van der Waals surface area contributed by atoms with E-state index in [1.807, 2.05) is 6.92 Å². The summed E-state index contributed by atoms with van der Waals surface area (Å²) in [7, 11) is -4.63. The maximum absolute atomic E-state index is 12.4. The molecule has 0 bridgehead atoms. The first-order valence-electron chi connectivity index (χ1n) is 6.98. The first kappa shape index (κ1) is 16.8. The Balaban J connectivity index is 2.08. The molecule has 0 saturated carbocycles. The molecule has 1 aromatic carbocycles. The number of hydrogen-bond donors (Lipinski definition) is 2. The Bertz CT molecular complexity index is 632. The van der Waals surface area contributed by atoms with Crippen LogP contribution in [0.25, 0.3) is 0 Å². The molecule has 2 rings (SSSR count). The van der Waals surface area contributed by atoms with Crippen molar-refractivity contribution in [2.45, 2.75) is 42.5 Å². The molecule has 1 fully saturated rings. The van der Waals surface area contributed by atoms with Crippen molar-refractivity contribution in [3.8, 4) is 0 Å². The van der Waals surface area contributed by atoms with Crippen molar-refractivity contribution in [3.63, 3.8) is 0 Å². The van der Waals surface area contributed by atoms with E-state index in [1.54, 1.807) is 0 Å². The van der Waals surface area contributed by atoms with Crippen molar-refractivity contribution in [1.29, 1.82) is 0 Å². The molecule has 1 aliphatic rings. The predicted octanol–water partition coefficient (Wildman–Crippen LogP) is 1.55. The fraction of sp³-hybridized carbons (Fsp3) is 0.500. The summed E-state index contributed by atoms with van der Waals surface area (Å²) in [4.78, 5) is 11.6. The van der Waals surface area contributed by atoms with Gasteiger partial charge in [-0.1, -0.05) is 0 Å². The molecule has 2 unspecified atom stereocenters. The number of carbonyl (C=O) groups excluding carboxylic acids is 1. The second kappa shape index (κ2) is 6.70. The predicted molar refractivity (Wildman–Crippen MR) is 77.6 cm³/mol. The van der Waals surface area contributed by atoms with Gasteiger partial charge >= 0.3 is 5.76 Å². The lowest BCUT2D eigenvalue weighted by Crippen LogP contribution is -2.51. The van der Waals surface area contributed by atoms with E-state index in [1.165, 1.54) is 12.1 Å². The smallest absolute Gasteiger partial charge is 0.341 e. The molecule has 22 heavy (non-hydrogen) atoms. The summed E-state index contributed by atoms with van der Waals surface area (Å²) >= 11 is 0. The monoisotopic (exact) mass is 332 g/mol. The van der Waals surface area contributed by atoms with E-state index in [4.69, 9.17) is 0 Å². The first-order chi connectivity index (χ1) is 10.3. The molecular weight excluding hydrogens is 314 g/mol. The number of rotatable bonds is 4. The van der Waals surface area contributed by atoms with Gasteiger partial charge in [-0.15, -0.1) is 0 Å². The van der Waals surface area contributed by atoms with Crippen molar-refractivity contribution in [1.82, 2.24) is 10.6 Å². The number of benzene rings is 1. The number of amides is 1. The van der Waals surface area contributed by atoms with Crippen LogP contribution in [0.1, 0.15) is 30.1 Å². The van der Waals surface area contributed by atoms with Crippen LogP contribution in [0.15, 0.2) is 29.2 Å². The van der Waals surface area contributed by atoms with Crippen molar-refractivity contribution in [2.24, 2.45) is 0 Å². The van der Waals surface area contributed by atoms with Gasteiger partial charge < -0.3 is 10.6 Å². The molecule has 1 amide bonds. The van der Waals surface area contributed by atoms with Crippen molar-refractivity contribution in [3.05, 3.63) is 29.8 Å². The average molecular weight is 332 g/mol. The third-order valence-corrected chi connectivity index (χ3v) is 5.16. The van der Waals surface area contributed by atoms with Gasteiger partial charge in [0.25, 0.3) is 5.91 Å². The lowest BCUT2D eigenvalue weighted by molar-refractivity contribution is 0.0919. The average Bonchev–Trinajstić information content (AvgIpc) is 2.49. The third kappa shape index (κ3) is 3.61. The minimum Gasteiger partial charge on any atom is -0.348 e. The topological polar surface area (TPSA) is 75.3 Å². The Morgan fingerprint density at radius 3 is 2.50 bits per heavy atom. The van der Waals surface area contributed by atoms with Gasteiger partial charge in [0.15, 0.2) is 0 Å². The molecule has 2 N–H and O–H groups in total. The highest BCUT2D eigenvalue weighted by Gasteiger charge is 2.27. The van der Waals surface area contributed by atoms with Crippen molar-refractivity contribution in [2.75, 3.05) is 6.54 Å². The lowest BCUT2D eigenvalue weighted by atomic mass is 9.99. The fourth-order valence-electron chi connectivity index (χ4n) is 2.39.